The molecular formula is C21H21ClN2O3. The average Bonchev–Trinajstić information content (AvgIpc) is 3.40. The third-order valence-electron chi connectivity index (χ3n) is 4.84. The van der Waals surface area contributed by atoms with E-state index in [-0.39, 0.29) is 17.6 Å². The van der Waals surface area contributed by atoms with Crippen LogP contribution in [0.15, 0.2) is 36.4 Å². The van der Waals surface area contributed by atoms with E-state index in [0.29, 0.717) is 34.8 Å². The van der Waals surface area contributed by atoms with Gasteiger partial charge in [-0.3, -0.25) is 14.4 Å². The van der Waals surface area contributed by atoms with E-state index in [2.05, 4.69) is 10.6 Å². The normalized spacial score (nSPS) is 14.4. The third-order valence-corrected chi connectivity index (χ3v) is 5.14. The Balaban J connectivity index is 1.73. The minimum Gasteiger partial charge on any atom is -0.325 e. The molecule has 2 N–H and O–H groups in total. The molecule has 2 amide bonds. The second-order valence-corrected chi connectivity index (χ2v) is 7.47. The molecule has 2 aromatic carbocycles. The van der Waals surface area contributed by atoms with Gasteiger partial charge in [0.25, 0.3) is 0 Å². The number of halogens is 1. The summed E-state index contributed by atoms with van der Waals surface area (Å²) in [5, 5.41) is 6.05. The van der Waals surface area contributed by atoms with Crippen LogP contribution in [0.4, 0.5) is 11.4 Å². The molecule has 0 aliphatic heterocycles. The lowest BCUT2D eigenvalue weighted by atomic mass is 10.0. The number of rotatable bonds is 5. The van der Waals surface area contributed by atoms with Crippen molar-refractivity contribution in [2.45, 2.75) is 33.6 Å². The van der Waals surface area contributed by atoms with Crippen LogP contribution >= 0.6 is 11.6 Å². The maximum atomic E-state index is 12.8. The average molecular weight is 385 g/mol. The zero-order valence-electron chi connectivity index (χ0n) is 15.5. The molecule has 3 rings (SSSR count). The molecule has 0 saturated heterocycles. The van der Waals surface area contributed by atoms with E-state index < -0.39 is 5.41 Å². The van der Waals surface area contributed by atoms with Gasteiger partial charge in [0, 0.05) is 11.3 Å². The van der Waals surface area contributed by atoms with Crippen LogP contribution in [-0.2, 0) is 9.59 Å². The SMILES string of the molecule is CC(=O)c1ccc(NC(=O)C2(C(=O)Nc3c(C)cc(C)cc3Cl)CC2)cc1. The number of carbonyl (C=O) groups excluding carboxylic acids is 3. The van der Waals surface area contributed by atoms with Crippen molar-refractivity contribution in [2.24, 2.45) is 5.41 Å². The zero-order chi connectivity index (χ0) is 19.8. The van der Waals surface area contributed by atoms with Crippen molar-refractivity contribution in [3.05, 3.63) is 58.1 Å². The third kappa shape index (κ3) is 3.88. The Labute approximate surface area is 163 Å². The number of nitrogens with one attached hydrogen (secondary N) is 2. The fourth-order valence-electron chi connectivity index (χ4n) is 3.03. The molecule has 0 unspecified atom stereocenters. The first-order valence-electron chi connectivity index (χ1n) is 8.73. The molecule has 1 aliphatic rings. The summed E-state index contributed by atoms with van der Waals surface area (Å²) in [6, 6.07) is 10.3. The van der Waals surface area contributed by atoms with Crippen molar-refractivity contribution in [2.75, 3.05) is 10.6 Å². The fraction of sp³-hybridized carbons (Fsp3) is 0.286. The highest BCUT2D eigenvalue weighted by molar-refractivity contribution is 6.34. The van der Waals surface area contributed by atoms with Crippen LogP contribution in [0, 0.1) is 19.3 Å². The van der Waals surface area contributed by atoms with Crippen LogP contribution in [0.3, 0.4) is 0 Å². The van der Waals surface area contributed by atoms with Crippen molar-refractivity contribution in [3.63, 3.8) is 0 Å². The van der Waals surface area contributed by atoms with Crippen molar-refractivity contribution in [1.29, 1.82) is 0 Å². The highest BCUT2D eigenvalue weighted by atomic mass is 35.5. The summed E-state index contributed by atoms with van der Waals surface area (Å²) < 4.78 is 0. The van der Waals surface area contributed by atoms with Gasteiger partial charge < -0.3 is 10.6 Å². The molecule has 0 radical (unpaired) electrons. The van der Waals surface area contributed by atoms with Gasteiger partial charge in [0.05, 0.1) is 10.7 Å². The van der Waals surface area contributed by atoms with E-state index in [0.717, 1.165) is 11.1 Å². The number of hydrogen-bond donors (Lipinski definition) is 2. The van der Waals surface area contributed by atoms with Gasteiger partial charge in [0.2, 0.25) is 11.8 Å². The maximum absolute atomic E-state index is 12.8. The van der Waals surface area contributed by atoms with Gasteiger partial charge in [-0.2, -0.15) is 0 Å². The Hall–Kier alpha value is -2.66. The van der Waals surface area contributed by atoms with Crippen LogP contribution in [0.1, 0.15) is 41.3 Å². The highest BCUT2D eigenvalue weighted by Gasteiger charge is 2.56. The number of ketones is 1. The molecule has 0 atom stereocenters. The topological polar surface area (TPSA) is 75.3 Å². The second kappa shape index (κ2) is 7.16. The monoisotopic (exact) mass is 384 g/mol. The number of hydrogen-bond acceptors (Lipinski definition) is 3. The first-order valence-corrected chi connectivity index (χ1v) is 9.11. The van der Waals surface area contributed by atoms with Crippen LogP contribution < -0.4 is 10.6 Å². The number of carbonyl (C=O) groups is 3. The molecule has 1 fully saturated rings. The van der Waals surface area contributed by atoms with Gasteiger partial charge in [-0.1, -0.05) is 17.7 Å². The molecule has 0 heterocycles. The van der Waals surface area contributed by atoms with Crippen molar-refractivity contribution >= 4 is 40.6 Å². The van der Waals surface area contributed by atoms with E-state index in [1.807, 2.05) is 19.9 Å². The van der Waals surface area contributed by atoms with E-state index in [4.69, 9.17) is 11.6 Å². The summed E-state index contributed by atoms with van der Waals surface area (Å²) in [5.41, 5.74) is 2.43. The number of aryl methyl sites for hydroxylation is 2. The summed E-state index contributed by atoms with van der Waals surface area (Å²) in [7, 11) is 0. The van der Waals surface area contributed by atoms with Gasteiger partial charge >= 0.3 is 0 Å². The minimum atomic E-state index is -1.08. The first-order chi connectivity index (χ1) is 12.7. The van der Waals surface area contributed by atoms with Crippen LogP contribution in [-0.4, -0.2) is 17.6 Å². The fourth-order valence-corrected chi connectivity index (χ4v) is 3.40. The molecule has 2 aromatic rings. The van der Waals surface area contributed by atoms with Gasteiger partial charge in [0.1, 0.15) is 5.41 Å². The molecule has 140 valence electrons. The summed E-state index contributed by atoms with van der Waals surface area (Å²) in [5.74, 6) is -0.748. The zero-order valence-corrected chi connectivity index (χ0v) is 16.2. The number of anilines is 2. The molecule has 0 bridgehead atoms. The van der Waals surface area contributed by atoms with Gasteiger partial charge in [0.15, 0.2) is 5.78 Å². The van der Waals surface area contributed by atoms with Gasteiger partial charge in [-0.15, -0.1) is 0 Å². The Morgan fingerprint density at radius 2 is 1.56 bits per heavy atom. The summed E-state index contributed by atoms with van der Waals surface area (Å²) >= 11 is 6.26. The van der Waals surface area contributed by atoms with Crippen LogP contribution in [0.2, 0.25) is 5.02 Å². The lowest BCUT2D eigenvalue weighted by Gasteiger charge is -2.18. The predicted octanol–water partition coefficient (Wildman–Crippen LogP) is 4.52. The lowest BCUT2D eigenvalue weighted by Crippen LogP contribution is -2.35. The van der Waals surface area contributed by atoms with E-state index in [1.54, 1.807) is 30.3 Å². The van der Waals surface area contributed by atoms with Gasteiger partial charge in [-0.05, 0) is 75.1 Å². The molecule has 0 aromatic heterocycles. The number of Topliss-reactive ketones (excluding diaryl/α,β-unsaturated/α-hetero) is 1. The summed E-state index contributed by atoms with van der Waals surface area (Å²) in [4.78, 5) is 36.8. The lowest BCUT2D eigenvalue weighted by molar-refractivity contribution is -0.131. The first kappa shape index (κ1) is 19.1. The van der Waals surface area contributed by atoms with E-state index in [1.165, 1.54) is 6.92 Å². The Morgan fingerprint density at radius 1 is 0.963 bits per heavy atom. The smallest absolute Gasteiger partial charge is 0.240 e. The molecule has 27 heavy (non-hydrogen) atoms. The van der Waals surface area contributed by atoms with E-state index >= 15 is 0 Å². The molecule has 5 nitrogen and oxygen atoms in total. The van der Waals surface area contributed by atoms with Crippen molar-refractivity contribution < 1.29 is 14.4 Å². The number of amides is 2. The van der Waals surface area contributed by atoms with Crippen LogP contribution in [0.5, 0.6) is 0 Å². The van der Waals surface area contributed by atoms with Crippen molar-refractivity contribution in [3.8, 4) is 0 Å². The minimum absolute atomic E-state index is 0.0451. The maximum Gasteiger partial charge on any atom is 0.240 e. The van der Waals surface area contributed by atoms with E-state index in [9.17, 15) is 14.4 Å². The summed E-state index contributed by atoms with van der Waals surface area (Å²) in [6.45, 7) is 5.28. The highest BCUT2D eigenvalue weighted by Crippen LogP contribution is 2.48. The molecule has 0 spiro atoms. The van der Waals surface area contributed by atoms with Crippen LogP contribution in [0.25, 0.3) is 0 Å². The molecule has 1 saturated carbocycles. The largest absolute Gasteiger partial charge is 0.325 e. The Morgan fingerprint density at radius 3 is 2.07 bits per heavy atom. The standard InChI is InChI=1S/C21H21ClN2O3/c1-12-10-13(2)18(17(22)11-12)24-20(27)21(8-9-21)19(26)23-16-6-4-15(5-7-16)14(3)25/h4-7,10-11H,8-9H2,1-3H3,(H,23,26)(H,24,27). The molecular weight excluding hydrogens is 364 g/mol. The Bertz CT molecular complexity index is 908. The summed E-state index contributed by atoms with van der Waals surface area (Å²) in [6.07, 6.45) is 0.970. The molecule has 6 heteroatoms. The predicted molar refractivity (Wildman–Crippen MR) is 106 cm³/mol. The van der Waals surface area contributed by atoms with Gasteiger partial charge in [-0.25, -0.2) is 0 Å². The molecule has 1 aliphatic carbocycles. The quantitative estimate of drug-likeness (QED) is 0.588. The second-order valence-electron chi connectivity index (χ2n) is 7.06. The van der Waals surface area contributed by atoms with Crippen molar-refractivity contribution in [1.82, 2.24) is 0 Å². The number of benzene rings is 2. The Kier molecular flexibility index (Phi) is 5.07.